The highest BCUT2D eigenvalue weighted by atomic mass is 32.2. The molecule has 1 saturated heterocycles. The third-order valence-corrected chi connectivity index (χ3v) is 8.04. The SMILES string of the molecule is COc1ccc(N2CCC(NC(=O)CCS(=O)(=O)c3ccc4c(c3)CCC4)CC2)cc1. The van der Waals surface area contributed by atoms with Gasteiger partial charge in [-0.3, -0.25) is 4.79 Å². The van der Waals surface area contributed by atoms with E-state index in [1.165, 1.54) is 5.56 Å². The molecule has 7 heteroatoms. The van der Waals surface area contributed by atoms with Gasteiger partial charge in [-0.1, -0.05) is 6.07 Å². The van der Waals surface area contributed by atoms with E-state index >= 15 is 0 Å². The number of hydrogen-bond donors (Lipinski definition) is 1. The van der Waals surface area contributed by atoms with Crippen molar-refractivity contribution in [2.24, 2.45) is 0 Å². The highest BCUT2D eigenvalue weighted by Gasteiger charge is 2.23. The first-order chi connectivity index (χ1) is 14.9. The number of piperidine rings is 1. The molecule has 0 aromatic heterocycles. The fourth-order valence-corrected chi connectivity index (χ4v) is 5.75. The first-order valence-corrected chi connectivity index (χ1v) is 12.6. The van der Waals surface area contributed by atoms with E-state index in [0.29, 0.717) is 4.90 Å². The van der Waals surface area contributed by atoms with E-state index in [1.807, 2.05) is 30.3 Å². The largest absolute Gasteiger partial charge is 0.497 e. The lowest BCUT2D eigenvalue weighted by atomic mass is 10.0. The first kappa shape index (κ1) is 21.7. The van der Waals surface area contributed by atoms with Crippen molar-refractivity contribution >= 4 is 21.4 Å². The number of methoxy groups -OCH3 is 1. The van der Waals surface area contributed by atoms with E-state index in [1.54, 1.807) is 19.2 Å². The summed E-state index contributed by atoms with van der Waals surface area (Å²) in [5.41, 5.74) is 3.53. The summed E-state index contributed by atoms with van der Waals surface area (Å²) in [7, 11) is -1.79. The quantitative estimate of drug-likeness (QED) is 0.713. The minimum Gasteiger partial charge on any atom is -0.497 e. The van der Waals surface area contributed by atoms with Crippen molar-refractivity contribution in [2.75, 3.05) is 30.9 Å². The lowest BCUT2D eigenvalue weighted by Crippen LogP contribution is -2.45. The van der Waals surface area contributed by atoms with Crippen molar-refractivity contribution in [1.82, 2.24) is 5.32 Å². The molecule has 0 saturated carbocycles. The molecular formula is C24H30N2O4S. The van der Waals surface area contributed by atoms with E-state index < -0.39 is 9.84 Å². The Morgan fingerprint density at radius 2 is 1.77 bits per heavy atom. The molecule has 1 heterocycles. The number of nitrogens with zero attached hydrogens (tertiary/aromatic N) is 1. The molecule has 1 amide bonds. The van der Waals surface area contributed by atoms with Crippen LogP contribution in [0.5, 0.6) is 5.75 Å². The van der Waals surface area contributed by atoms with Gasteiger partial charge in [-0.05, 0) is 79.6 Å². The van der Waals surface area contributed by atoms with E-state index in [0.717, 1.165) is 62.2 Å². The van der Waals surface area contributed by atoms with Crippen LogP contribution in [0.2, 0.25) is 0 Å². The van der Waals surface area contributed by atoms with Crippen LogP contribution in [0, 0.1) is 0 Å². The van der Waals surface area contributed by atoms with Crippen molar-refractivity contribution in [3.63, 3.8) is 0 Å². The summed E-state index contributed by atoms with van der Waals surface area (Å²) in [6, 6.07) is 13.5. The van der Waals surface area contributed by atoms with Crippen LogP contribution in [0.1, 0.15) is 36.8 Å². The predicted molar refractivity (Wildman–Crippen MR) is 122 cm³/mol. The fourth-order valence-electron chi connectivity index (χ4n) is 4.46. The van der Waals surface area contributed by atoms with Crippen LogP contribution in [-0.2, 0) is 27.5 Å². The maximum absolute atomic E-state index is 12.7. The Morgan fingerprint density at radius 3 is 2.48 bits per heavy atom. The van der Waals surface area contributed by atoms with Crippen LogP contribution in [0.25, 0.3) is 0 Å². The van der Waals surface area contributed by atoms with Gasteiger partial charge in [-0.15, -0.1) is 0 Å². The molecule has 1 fully saturated rings. The standard InChI is InChI=1S/C24H30N2O4S/c1-30-22-8-6-21(7-9-22)26-14-11-20(12-15-26)25-24(27)13-16-31(28,29)23-10-5-18-3-2-4-19(18)17-23/h5-10,17,20H,2-4,11-16H2,1H3,(H,25,27). The van der Waals surface area contributed by atoms with Gasteiger partial charge in [-0.25, -0.2) is 8.42 Å². The van der Waals surface area contributed by atoms with E-state index in [9.17, 15) is 13.2 Å². The number of fused-ring (bicyclic) bond motifs is 1. The number of amides is 1. The van der Waals surface area contributed by atoms with E-state index in [4.69, 9.17) is 4.74 Å². The van der Waals surface area contributed by atoms with Gasteiger partial charge in [0.15, 0.2) is 9.84 Å². The Labute approximate surface area is 184 Å². The van der Waals surface area contributed by atoms with Crippen molar-refractivity contribution in [2.45, 2.75) is 49.5 Å². The Hall–Kier alpha value is -2.54. The number of anilines is 1. The molecule has 31 heavy (non-hydrogen) atoms. The third-order valence-electron chi connectivity index (χ3n) is 6.32. The molecule has 1 N–H and O–H groups in total. The molecule has 1 aliphatic heterocycles. The number of ether oxygens (including phenoxy) is 1. The topological polar surface area (TPSA) is 75.7 Å². The molecule has 0 spiro atoms. The summed E-state index contributed by atoms with van der Waals surface area (Å²) in [6.07, 6.45) is 4.73. The molecule has 0 bridgehead atoms. The second-order valence-electron chi connectivity index (χ2n) is 8.38. The summed E-state index contributed by atoms with van der Waals surface area (Å²) >= 11 is 0. The van der Waals surface area contributed by atoms with Crippen molar-refractivity contribution in [1.29, 1.82) is 0 Å². The number of benzene rings is 2. The smallest absolute Gasteiger partial charge is 0.221 e. The molecule has 4 rings (SSSR count). The summed E-state index contributed by atoms with van der Waals surface area (Å²) < 4.78 is 30.6. The predicted octanol–water partition coefficient (Wildman–Crippen LogP) is 3.13. The van der Waals surface area contributed by atoms with Gasteiger partial charge in [0, 0.05) is 31.2 Å². The minimum absolute atomic E-state index is 0.00187. The molecule has 0 radical (unpaired) electrons. The molecule has 1 aliphatic carbocycles. The zero-order valence-corrected chi connectivity index (χ0v) is 18.8. The highest BCUT2D eigenvalue weighted by molar-refractivity contribution is 7.91. The van der Waals surface area contributed by atoms with Crippen molar-refractivity contribution < 1.29 is 17.9 Å². The third kappa shape index (κ3) is 5.21. The van der Waals surface area contributed by atoms with E-state index in [-0.39, 0.29) is 24.1 Å². The zero-order valence-electron chi connectivity index (χ0n) is 18.0. The van der Waals surface area contributed by atoms with Gasteiger partial charge in [0.1, 0.15) is 5.75 Å². The number of carbonyl (C=O) groups excluding carboxylic acids is 1. The van der Waals surface area contributed by atoms with Gasteiger partial charge >= 0.3 is 0 Å². The second kappa shape index (κ2) is 9.30. The molecule has 0 atom stereocenters. The number of hydrogen-bond acceptors (Lipinski definition) is 5. The van der Waals surface area contributed by atoms with Gasteiger partial charge in [0.2, 0.25) is 5.91 Å². The summed E-state index contributed by atoms with van der Waals surface area (Å²) in [5, 5.41) is 3.02. The number of aryl methyl sites for hydroxylation is 2. The molecule has 6 nitrogen and oxygen atoms in total. The second-order valence-corrected chi connectivity index (χ2v) is 10.5. The van der Waals surface area contributed by atoms with Crippen LogP contribution < -0.4 is 15.0 Å². The van der Waals surface area contributed by atoms with Crippen molar-refractivity contribution in [3.05, 3.63) is 53.6 Å². The Bertz CT molecular complexity index is 1030. The lowest BCUT2D eigenvalue weighted by molar-refractivity contribution is -0.121. The lowest BCUT2D eigenvalue weighted by Gasteiger charge is -2.34. The molecule has 2 aromatic carbocycles. The van der Waals surface area contributed by atoms with Crippen LogP contribution in [-0.4, -0.2) is 46.3 Å². The molecule has 2 aliphatic rings. The zero-order chi connectivity index (χ0) is 21.8. The molecule has 166 valence electrons. The van der Waals surface area contributed by atoms with Crippen LogP contribution in [0.4, 0.5) is 5.69 Å². The maximum atomic E-state index is 12.7. The fraction of sp³-hybridized carbons (Fsp3) is 0.458. The maximum Gasteiger partial charge on any atom is 0.221 e. The van der Waals surface area contributed by atoms with Crippen LogP contribution >= 0.6 is 0 Å². The summed E-state index contributed by atoms with van der Waals surface area (Å²) in [6.45, 7) is 1.70. The average molecular weight is 443 g/mol. The number of nitrogens with one attached hydrogen (secondary N) is 1. The number of rotatable bonds is 7. The Balaban J connectivity index is 1.25. The first-order valence-electron chi connectivity index (χ1n) is 11.0. The van der Waals surface area contributed by atoms with Crippen LogP contribution in [0.15, 0.2) is 47.4 Å². The highest BCUT2D eigenvalue weighted by Crippen LogP contribution is 2.26. The number of sulfone groups is 1. The van der Waals surface area contributed by atoms with Gasteiger partial charge < -0.3 is 15.0 Å². The van der Waals surface area contributed by atoms with E-state index in [2.05, 4.69) is 10.2 Å². The number of carbonyl (C=O) groups is 1. The monoisotopic (exact) mass is 442 g/mol. The summed E-state index contributed by atoms with van der Waals surface area (Å²) in [5.74, 6) is 0.496. The summed E-state index contributed by atoms with van der Waals surface area (Å²) in [4.78, 5) is 15.0. The minimum atomic E-state index is -3.45. The van der Waals surface area contributed by atoms with Gasteiger partial charge in [0.25, 0.3) is 0 Å². The average Bonchev–Trinajstić information content (AvgIpc) is 3.26. The van der Waals surface area contributed by atoms with Crippen molar-refractivity contribution in [3.8, 4) is 5.75 Å². The molecule has 0 unspecified atom stereocenters. The Morgan fingerprint density at radius 1 is 1.06 bits per heavy atom. The van der Waals surface area contributed by atoms with Gasteiger partial charge in [-0.2, -0.15) is 0 Å². The molecule has 2 aromatic rings. The van der Waals surface area contributed by atoms with Crippen LogP contribution in [0.3, 0.4) is 0 Å². The van der Waals surface area contributed by atoms with Gasteiger partial charge in [0.05, 0.1) is 17.8 Å². The molecular weight excluding hydrogens is 412 g/mol. The Kier molecular flexibility index (Phi) is 6.51. The normalized spacial score (nSPS) is 16.7.